The van der Waals surface area contributed by atoms with Crippen LogP contribution in [0, 0.1) is 0 Å². The Kier molecular flexibility index (Phi) is 2.87. The van der Waals surface area contributed by atoms with Crippen LogP contribution in [0.3, 0.4) is 0 Å². The first-order valence-corrected chi connectivity index (χ1v) is 5.51. The second-order valence-corrected chi connectivity index (χ2v) is 4.38. The minimum absolute atomic E-state index is 0.158. The van der Waals surface area contributed by atoms with Crippen LogP contribution in [0.5, 0.6) is 0 Å². The van der Waals surface area contributed by atoms with Gasteiger partial charge >= 0.3 is 5.97 Å². The molecule has 0 saturated heterocycles. The van der Waals surface area contributed by atoms with Crippen molar-refractivity contribution in [2.75, 3.05) is 0 Å². The van der Waals surface area contributed by atoms with E-state index < -0.39 is 0 Å². The molecule has 3 heteroatoms. The number of hydrogen-bond donors (Lipinski definition) is 0. The summed E-state index contributed by atoms with van der Waals surface area (Å²) in [5.41, 5.74) is 0.625. The Morgan fingerprint density at radius 2 is 1.93 bits per heavy atom. The van der Waals surface area contributed by atoms with Gasteiger partial charge in [0.1, 0.15) is 6.10 Å². The van der Waals surface area contributed by atoms with Crippen LogP contribution in [0.25, 0.3) is 0 Å². The van der Waals surface area contributed by atoms with Crippen LogP contribution in [0.4, 0.5) is 0 Å². The lowest BCUT2D eigenvalue weighted by molar-refractivity contribution is 0.00901. The zero-order valence-corrected chi connectivity index (χ0v) is 9.29. The van der Waals surface area contributed by atoms with E-state index in [0.717, 1.165) is 17.3 Å². The normalized spacial score (nSPS) is 16.1. The van der Waals surface area contributed by atoms with Gasteiger partial charge < -0.3 is 4.74 Å². The van der Waals surface area contributed by atoms with E-state index in [1.165, 1.54) is 6.42 Å². The van der Waals surface area contributed by atoms with E-state index in [4.69, 9.17) is 4.74 Å². The molecule has 2 nitrogen and oxygen atoms in total. The summed E-state index contributed by atoms with van der Waals surface area (Å²) < 4.78 is 6.23. The Bertz CT molecular complexity index is 328. The fourth-order valence-electron chi connectivity index (χ4n) is 1.29. The van der Waals surface area contributed by atoms with Crippen molar-refractivity contribution in [3.63, 3.8) is 0 Å². The summed E-state index contributed by atoms with van der Waals surface area (Å²) in [6.07, 6.45) is 3.37. The van der Waals surface area contributed by atoms with Crippen molar-refractivity contribution in [1.29, 1.82) is 0 Å². The van der Waals surface area contributed by atoms with E-state index in [2.05, 4.69) is 15.9 Å². The second-order valence-electron chi connectivity index (χ2n) is 3.47. The predicted octanol–water partition coefficient (Wildman–Crippen LogP) is 3.16. The van der Waals surface area contributed by atoms with E-state index in [9.17, 15) is 4.79 Å². The van der Waals surface area contributed by atoms with Crippen molar-refractivity contribution in [3.05, 3.63) is 34.3 Å². The van der Waals surface area contributed by atoms with Crippen LogP contribution in [0.1, 0.15) is 29.6 Å². The molecule has 1 aliphatic rings. The van der Waals surface area contributed by atoms with Crippen molar-refractivity contribution in [3.8, 4) is 0 Å². The van der Waals surface area contributed by atoms with Crippen molar-refractivity contribution in [2.24, 2.45) is 0 Å². The largest absolute Gasteiger partial charge is 0.459 e. The minimum atomic E-state index is -0.206. The molecule has 0 N–H and O–H groups in total. The van der Waals surface area contributed by atoms with Crippen molar-refractivity contribution in [2.45, 2.75) is 25.4 Å². The summed E-state index contributed by atoms with van der Waals surface area (Å²) in [5, 5.41) is 0. The average Bonchev–Trinajstić information content (AvgIpc) is 2.12. The third-order valence-corrected chi connectivity index (χ3v) is 2.93. The maximum Gasteiger partial charge on any atom is 0.338 e. The Labute approximate surface area is 91.4 Å². The monoisotopic (exact) mass is 254 g/mol. The van der Waals surface area contributed by atoms with Gasteiger partial charge in [0.25, 0.3) is 0 Å². The van der Waals surface area contributed by atoms with Gasteiger partial charge in [-0.1, -0.05) is 15.9 Å². The average molecular weight is 255 g/mol. The molecule has 0 bridgehead atoms. The second kappa shape index (κ2) is 4.13. The van der Waals surface area contributed by atoms with Crippen LogP contribution in [0.15, 0.2) is 28.7 Å². The lowest BCUT2D eigenvalue weighted by atomic mass is 9.96. The number of carbonyl (C=O) groups excluding carboxylic acids is 1. The topological polar surface area (TPSA) is 26.3 Å². The van der Waals surface area contributed by atoms with Crippen LogP contribution < -0.4 is 0 Å². The number of esters is 1. The molecule has 1 fully saturated rings. The molecule has 14 heavy (non-hydrogen) atoms. The molecule has 0 aromatic heterocycles. The number of hydrogen-bond acceptors (Lipinski definition) is 2. The van der Waals surface area contributed by atoms with Gasteiger partial charge in [-0.15, -0.1) is 0 Å². The fourth-order valence-corrected chi connectivity index (χ4v) is 1.56. The molecule has 0 spiro atoms. The SMILES string of the molecule is O=C(OC1CCC1)c1ccc(Br)cc1. The molecule has 0 aliphatic heterocycles. The maximum atomic E-state index is 11.5. The van der Waals surface area contributed by atoms with E-state index >= 15 is 0 Å². The number of carbonyl (C=O) groups is 1. The molecule has 1 aromatic rings. The number of halogens is 1. The molecule has 0 heterocycles. The van der Waals surface area contributed by atoms with Crippen LogP contribution in [-0.2, 0) is 4.74 Å². The Morgan fingerprint density at radius 3 is 2.43 bits per heavy atom. The molecular weight excluding hydrogens is 244 g/mol. The van der Waals surface area contributed by atoms with E-state index in [1.54, 1.807) is 12.1 Å². The first-order valence-electron chi connectivity index (χ1n) is 4.72. The highest BCUT2D eigenvalue weighted by Crippen LogP contribution is 2.23. The summed E-state index contributed by atoms with van der Waals surface area (Å²) in [5.74, 6) is -0.206. The standard InChI is InChI=1S/C11H11BrO2/c12-9-6-4-8(5-7-9)11(13)14-10-2-1-3-10/h4-7,10H,1-3H2. The van der Waals surface area contributed by atoms with Gasteiger partial charge in [-0.25, -0.2) is 4.79 Å². The van der Waals surface area contributed by atoms with Crippen LogP contribution >= 0.6 is 15.9 Å². The highest BCUT2D eigenvalue weighted by Gasteiger charge is 2.22. The van der Waals surface area contributed by atoms with Gasteiger partial charge in [0.05, 0.1) is 5.56 Å². The number of ether oxygens (including phenoxy) is 1. The van der Waals surface area contributed by atoms with Crippen molar-refractivity contribution in [1.82, 2.24) is 0 Å². The van der Waals surface area contributed by atoms with Crippen molar-refractivity contribution < 1.29 is 9.53 Å². The third kappa shape index (κ3) is 2.15. The lowest BCUT2D eigenvalue weighted by Gasteiger charge is -2.25. The zero-order valence-electron chi connectivity index (χ0n) is 7.70. The van der Waals surface area contributed by atoms with Gasteiger partial charge in [0.2, 0.25) is 0 Å². The van der Waals surface area contributed by atoms with E-state index in [0.29, 0.717) is 5.56 Å². The van der Waals surface area contributed by atoms with Crippen LogP contribution in [-0.4, -0.2) is 12.1 Å². The molecule has 0 radical (unpaired) electrons. The summed E-state index contributed by atoms with van der Waals surface area (Å²) in [4.78, 5) is 11.5. The van der Waals surface area contributed by atoms with E-state index in [-0.39, 0.29) is 12.1 Å². The summed E-state index contributed by atoms with van der Waals surface area (Å²) in [6, 6.07) is 7.23. The fraction of sp³-hybridized carbons (Fsp3) is 0.364. The highest BCUT2D eigenvalue weighted by molar-refractivity contribution is 9.10. The Morgan fingerprint density at radius 1 is 1.29 bits per heavy atom. The quantitative estimate of drug-likeness (QED) is 0.759. The minimum Gasteiger partial charge on any atom is -0.459 e. The molecule has 1 aliphatic carbocycles. The number of rotatable bonds is 2. The van der Waals surface area contributed by atoms with E-state index in [1.807, 2.05) is 12.1 Å². The molecular formula is C11H11BrO2. The van der Waals surface area contributed by atoms with Gasteiger partial charge in [-0.05, 0) is 43.5 Å². The molecule has 2 rings (SSSR count). The van der Waals surface area contributed by atoms with Gasteiger partial charge in [0, 0.05) is 4.47 Å². The summed E-state index contributed by atoms with van der Waals surface area (Å²) >= 11 is 3.32. The molecule has 74 valence electrons. The molecule has 1 saturated carbocycles. The zero-order chi connectivity index (χ0) is 9.97. The Hall–Kier alpha value is -0.830. The predicted molar refractivity (Wildman–Crippen MR) is 57.2 cm³/mol. The smallest absolute Gasteiger partial charge is 0.338 e. The highest BCUT2D eigenvalue weighted by atomic mass is 79.9. The molecule has 0 unspecified atom stereocenters. The molecule has 0 atom stereocenters. The summed E-state index contributed by atoms with van der Waals surface area (Å²) in [7, 11) is 0. The lowest BCUT2D eigenvalue weighted by Crippen LogP contribution is -2.24. The first-order chi connectivity index (χ1) is 6.75. The van der Waals surface area contributed by atoms with Crippen molar-refractivity contribution >= 4 is 21.9 Å². The molecule has 1 aromatic carbocycles. The molecule has 0 amide bonds. The van der Waals surface area contributed by atoms with Crippen LogP contribution in [0.2, 0.25) is 0 Å². The van der Waals surface area contributed by atoms with Gasteiger partial charge in [-0.3, -0.25) is 0 Å². The maximum absolute atomic E-state index is 11.5. The Balaban J connectivity index is 1.99. The third-order valence-electron chi connectivity index (χ3n) is 2.41. The first kappa shape index (κ1) is 9.71. The van der Waals surface area contributed by atoms with Gasteiger partial charge in [-0.2, -0.15) is 0 Å². The number of benzene rings is 1. The summed E-state index contributed by atoms with van der Waals surface area (Å²) in [6.45, 7) is 0. The van der Waals surface area contributed by atoms with Gasteiger partial charge in [0.15, 0.2) is 0 Å².